The van der Waals surface area contributed by atoms with Crippen molar-refractivity contribution in [1.82, 2.24) is 4.72 Å². The lowest BCUT2D eigenvalue weighted by molar-refractivity contribution is 0.554. The van der Waals surface area contributed by atoms with Crippen molar-refractivity contribution in [1.29, 1.82) is 0 Å². The van der Waals surface area contributed by atoms with E-state index >= 15 is 0 Å². The molecule has 19 heavy (non-hydrogen) atoms. The molecule has 0 aromatic heterocycles. The van der Waals surface area contributed by atoms with Crippen molar-refractivity contribution in [2.24, 2.45) is 5.92 Å². The van der Waals surface area contributed by atoms with Gasteiger partial charge in [-0.15, -0.1) is 0 Å². The molecule has 2 fully saturated rings. The van der Waals surface area contributed by atoms with Gasteiger partial charge < -0.3 is 10.6 Å². The van der Waals surface area contributed by atoms with Gasteiger partial charge in [0.2, 0.25) is 10.0 Å². The van der Waals surface area contributed by atoms with Crippen LogP contribution >= 0.6 is 0 Å². The number of anilines is 2. The van der Waals surface area contributed by atoms with Crippen molar-refractivity contribution in [2.75, 3.05) is 24.2 Å². The van der Waals surface area contributed by atoms with E-state index in [1.165, 1.54) is 26.3 Å². The standard InChI is InChI=1S/C13H19N3O2S/c1-15-19(17,18)11-4-5-13(12(14)7-11)16-8-9-2-3-10(16)6-9/h4-5,7,9-10,15H,2-3,6,8,14H2,1H3. The number of hydrogen-bond donors (Lipinski definition) is 2. The maximum Gasteiger partial charge on any atom is 0.240 e. The van der Waals surface area contributed by atoms with Gasteiger partial charge in [-0.05, 0) is 50.4 Å². The molecule has 3 rings (SSSR count). The number of nitrogens with zero attached hydrogens (tertiary/aromatic N) is 1. The van der Waals surface area contributed by atoms with Gasteiger partial charge in [0.25, 0.3) is 0 Å². The van der Waals surface area contributed by atoms with E-state index in [9.17, 15) is 8.42 Å². The van der Waals surface area contributed by atoms with Gasteiger partial charge in [-0.1, -0.05) is 0 Å². The summed E-state index contributed by atoms with van der Waals surface area (Å²) in [7, 11) is -2.02. The highest BCUT2D eigenvalue weighted by Gasteiger charge is 2.38. The average Bonchev–Trinajstić information content (AvgIpc) is 3.00. The number of nitrogens with two attached hydrogens (primary N) is 1. The van der Waals surface area contributed by atoms with Crippen LogP contribution in [0.1, 0.15) is 19.3 Å². The lowest BCUT2D eigenvalue weighted by atomic mass is 10.1. The molecule has 1 saturated heterocycles. The van der Waals surface area contributed by atoms with E-state index in [-0.39, 0.29) is 4.90 Å². The van der Waals surface area contributed by atoms with Crippen molar-refractivity contribution in [2.45, 2.75) is 30.2 Å². The Labute approximate surface area is 113 Å². The minimum absolute atomic E-state index is 0.223. The minimum Gasteiger partial charge on any atom is -0.397 e. The number of fused-ring (bicyclic) bond motifs is 2. The highest BCUT2D eigenvalue weighted by molar-refractivity contribution is 7.89. The molecular formula is C13H19N3O2S. The zero-order valence-corrected chi connectivity index (χ0v) is 11.8. The van der Waals surface area contributed by atoms with Crippen LogP contribution in [0.5, 0.6) is 0 Å². The fourth-order valence-electron chi connectivity index (χ4n) is 3.30. The van der Waals surface area contributed by atoms with Gasteiger partial charge in [0.1, 0.15) is 0 Å². The fourth-order valence-corrected chi connectivity index (χ4v) is 4.06. The Morgan fingerprint density at radius 2 is 2.16 bits per heavy atom. The molecule has 2 bridgehead atoms. The summed E-state index contributed by atoms with van der Waals surface area (Å²) in [5, 5.41) is 0. The summed E-state index contributed by atoms with van der Waals surface area (Å²) in [6.07, 6.45) is 3.78. The van der Waals surface area contributed by atoms with Crippen LogP contribution in [-0.4, -0.2) is 28.1 Å². The number of rotatable bonds is 3. The number of nitrogen functional groups attached to an aromatic ring is 1. The summed E-state index contributed by atoms with van der Waals surface area (Å²) in [4.78, 5) is 2.56. The summed E-state index contributed by atoms with van der Waals surface area (Å²) in [5.74, 6) is 0.783. The molecule has 1 aliphatic carbocycles. The van der Waals surface area contributed by atoms with Crippen LogP contribution in [0, 0.1) is 5.92 Å². The van der Waals surface area contributed by atoms with E-state index in [1.54, 1.807) is 12.1 Å². The predicted octanol–water partition coefficient (Wildman–Crippen LogP) is 1.17. The summed E-state index contributed by atoms with van der Waals surface area (Å²) in [5.41, 5.74) is 7.57. The van der Waals surface area contributed by atoms with E-state index in [1.807, 2.05) is 6.07 Å². The molecule has 1 saturated carbocycles. The quantitative estimate of drug-likeness (QED) is 0.815. The van der Waals surface area contributed by atoms with E-state index in [4.69, 9.17) is 5.73 Å². The van der Waals surface area contributed by atoms with E-state index in [0.717, 1.165) is 18.2 Å². The maximum atomic E-state index is 11.7. The third-order valence-corrected chi connectivity index (χ3v) is 5.71. The zero-order chi connectivity index (χ0) is 13.6. The van der Waals surface area contributed by atoms with Crippen LogP contribution < -0.4 is 15.4 Å². The molecule has 2 atom stereocenters. The van der Waals surface area contributed by atoms with Gasteiger partial charge in [0, 0.05) is 12.6 Å². The second-order valence-electron chi connectivity index (χ2n) is 5.41. The Morgan fingerprint density at radius 3 is 2.68 bits per heavy atom. The first-order chi connectivity index (χ1) is 9.01. The Hall–Kier alpha value is -1.27. The van der Waals surface area contributed by atoms with Crippen LogP contribution in [0.15, 0.2) is 23.1 Å². The smallest absolute Gasteiger partial charge is 0.240 e. The second-order valence-corrected chi connectivity index (χ2v) is 7.30. The molecule has 3 N–H and O–H groups in total. The first kappa shape index (κ1) is 12.7. The molecule has 1 aliphatic heterocycles. The average molecular weight is 281 g/mol. The summed E-state index contributed by atoms with van der Waals surface area (Å²) >= 11 is 0. The normalized spacial score (nSPS) is 26.1. The maximum absolute atomic E-state index is 11.7. The highest BCUT2D eigenvalue weighted by atomic mass is 32.2. The van der Waals surface area contributed by atoms with Crippen molar-refractivity contribution in [3.8, 4) is 0 Å². The molecule has 2 unspecified atom stereocenters. The van der Waals surface area contributed by atoms with Crippen LogP contribution in [0.25, 0.3) is 0 Å². The van der Waals surface area contributed by atoms with E-state index in [0.29, 0.717) is 11.7 Å². The number of hydrogen-bond acceptors (Lipinski definition) is 4. The number of sulfonamides is 1. The number of nitrogens with one attached hydrogen (secondary N) is 1. The molecule has 0 amide bonds. The Morgan fingerprint density at radius 1 is 1.37 bits per heavy atom. The summed E-state index contributed by atoms with van der Waals surface area (Å²) < 4.78 is 25.8. The first-order valence-electron chi connectivity index (χ1n) is 6.61. The predicted molar refractivity (Wildman–Crippen MR) is 75.6 cm³/mol. The number of piperidine rings is 1. The fraction of sp³-hybridized carbons (Fsp3) is 0.538. The highest BCUT2D eigenvalue weighted by Crippen LogP contribution is 2.42. The lowest BCUT2D eigenvalue weighted by Gasteiger charge is -2.30. The van der Waals surface area contributed by atoms with Gasteiger partial charge in [0.15, 0.2) is 0 Å². The minimum atomic E-state index is -3.42. The van der Waals surface area contributed by atoms with Crippen LogP contribution in [-0.2, 0) is 10.0 Å². The molecule has 2 aliphatic rings. The van der Waals surface area contributed by atoms with Gasteiger partial charge in [-0.3, -0.25) is 0 Å². The monoisotopic (exact) mass is 281 g/mol. The molecule has 0 radical (unpaired) electrons. The van der Waals surface area contributed by atoms with Crippen molar-refractivity contribution in [3.05, 3.63) is 18.2 Å². The van der Waals surface area contributed by atoms with Crippen molar-refractivity contribution in [3.63, 3.8) is 0 Å². The van der Waals surface area contributed by atoms with Gasteiger partial charge >= 0.3 is 0 Å². The van der Waals surface area contributed by atoms with E-state index < -0.39 is 10.0 Å². The first-order valence-corrected chi connectivity index (χ1v) is 8.09. The molecule has 1 aromatic carbocycles. The molecule has 104 valence electrons. The van der Waals surface area contributed by atoms with Gasteiger partial charge in [-0.2, -0.15) is 0 Å². The Bertz CT molecular complexity index is 600. The van der Waals surface area contributed by atoms with Crippen molar-refractivity contribution >= 4 is 21.4 Å². The topological polar surface area (TPSA) is 75.4 Å². The van der Waals surface area contributed by atoms with Crippen LogP contribution in [0.4, 0.5) is 11.4 Å². The summed E-state index contributed by atoms with van der Waals surface area (Å²) in [6.45, 7) is 1.05. The molecule has 6 heteroatoms. The van der Waals surface area contributed by atoms with Crippen LogP contribution in [0.3, 0.4) is 0 Å². The SMILES string of the molecule is CNS(=O)(=O)c1ccc(N2CC3CCC2C3)c(N)c1. The third kappa shape index (κ3) is 2.08. The third-order valence-electron chi connectivity index (χ3n) is 4.30. The summed E-state index contributed by atoms with van der Waals surface area (Å²) in [6, 6.07) is 5.59. The molecule has 0 spiro atoms. The lowest BCUT2D eigenvalue weighted by Crippen LogP contribution is -2.32. The van der Waals surface area contributed by atoms with Crippen LogP contribution in [0.2, 0.25) is 0 Å². The molecule has 1 heterocycles. The molecule has 5 nitrogen and oxygen atoms in total. The Kier molecular flexibility index (Phi) is 2.94. The zero-order valence-electron chi connectivity index (χ0n) is 11.0. The largest absolute Gasteiger partial charge is 0.397 e. The van der Waals surface area contributed by atoms with E-state index in [2.05, 4.69) is 9.62 Å². The molecular weight excluding hydrogens is 262 g/mol. The van der Waals surface area contributed by atoms with Gasteiger partial charge in [-0.25, -0.2) is 13.1 Å². The van der Waals surface area contributed by atoms with Gasteiger partial charge in [0.05, 0.1) is 16.3 Å². The second kappa shape index (κ2) is 4.38. The van der Waals surface area contributed by atoms with Crippen molar-refractivity contribution < 1.29 is 8.42 Å². The molecule has 1 aromatic rings. The number of benzene rings is 1. The Balaban J connectivity index is 1.93.